The van der Waals surface area contributed by atoms with Crippen LogP contribution in [0.2, 0.25) is 0 Å². The molecule has 0 aliphatic heterocycles. The van der Waals surface area contributed by atoms with E-state index in [1.54, 1.807) is 0 Å². The van der Waals surface area contributed by atoms with Crippen molar-refractivity contribution < 1.29 is 23.0 Å². The lowest BCUT2D eigenvalue weighted by Gasteiger charge is -2.13. The van der Waals surface area contributed by atoms with E-state index in [1.807, 2.05) is 0 Å². The summed E-state index contributed by atoms with van der Waals surface area (Å²) in [6.45, 7) is 0.249. The third-order valence-electron chi connectivity index (χ3n) is 2.98. The van der Waals surface area contributed by atoms with Crippen LogP contribution in [-0.2, 0) is 6.54 Å². The highest BCUT2D eigenvalue weighted by molar-refractivity contribution is 5.22. The molecule has 0 spiro atoms. The Balaban J connectivity index is 1.72. The number of aliphatic hydroxyl groups excluding tert-OH is 1. The molecule has 0 amide bonds. The fraction of sp³-hybridized carbons (Fsp3) is 0.250. The number of rotatable bonds is 7. The van der Waals surface area contributed by atoms with Gasteiger partial charge >= 0.3 is 0 Å². The minimum Gasteiger partial charge on any atom is -0.491 e. The second-order valence-corrected chi connectivity index (χ2v) is 4.76. The lowest BCUT2D eigenvalue weighted by molar-refractivity contribution is 0.106. The van der Waals surface area contributed by atoms with Gasteiger partial charge in [-0.3, -0.25) is 0 Å². The number of hydrogen-bond acceptors (Lipinski definition) is 3. The maximum atomic E-state index is 13.4. The number of nitrogens with one attached hydrogen (secondary N) is 1. The summed E-state index contributed by atoms with van der Waals surface area (Å²) in [7, 11) is 0. The molecule has 2 rings (SSSR count). The second-order valence-electron chi connectivity index (χ2n) is 4.76. The first-order chi connectivity index (χ1) is 10.6. The first kappa shape index (κ1) is 16.3. The van der Waals surface area contributed by atoms with E-state index in [9.17, 15) is 18.3 Å². The van der Waals surface area contributed by atoms with E-state index in [0.717, 1.165) is 6.07 Å². The fourth-order valence-electron chi connectivity index (χ4n) is 1.84. The van der Waals surface area contributed by atoms with Crippen molar-refractivity contribution in [3.05, 3.63) is 65.5 Å². The first-order valence-corrected chi connectivity index (χ1v) is 6.76. The highest BCUT2D eigenvalue weighted by Gasteiger charge is 2.09. The van der Waals surface area contributed by atoms with Crippen molar-refractivity contribution in [3.63, 3.8) is 0 Å². The maximum Gasteiger partial charge on any atom is 0.163 e. The quantitative estimate of drug-likeness (QED) is 0.826. The minimum absolute atomic E-state index is 0.00423. The third kappa shape index (κ3) is 4.75. The Hall–Kier alpha value is -2.05. The van der Waals surface area contributed by atoms with Gasteiger partial charge in [0.1, 0.15) is 24.3 Å². The second kappa shape index (κ2) is 7.82. The minimum atomic E-state index is -0.903. The Morgan fingerprint density at radius 2 is 1.77 bits per heavy atom. The van der Waals surface area contributed by atoms with Crippen LogP contribution < -0.4 is 10.1 Å². The predicted molar refractivity (Wildman–Crippen MR) is 76.0 cm³/mol. The molecule has 3 nitrogen and oxygen atoms in total. The Kier molecular flexibility index (Phi) is 5.80. The average molecular weight is 311 g/mol. The van der Waals surface area contributed by atoms with Crippen LogP contribution in [0, 0.1) is 17.5 Å². The molecule has 2 aromatic carbocycles. The molecule has 0 aromatic heterocycles. The standard InChI is InChI=1S/C16H16F3NO2/c17-12-4-6-14(7-5-12)22-10-13(21)9-20-8-11-2-1-3-15(18)16(11)19/h1-7,13,20-21H,8-10H2. The average Bonchev–Trinajstić information content (AvgIpc) is 2.51. The zero-order valence-electron chi connectivity index (χ0n) is 11.7. The topological polar surface area (TPSA) is 41.5 Å². The maximum absolute atomic E-state index is 13.4. The van der Waals surface area contributed by atoms with Gasteiger partial charge in [0, 0.05) is 18.7 Å². The van der Waals surface area contributed by atoms with E-state index >= 15 is 0 Å². The molecule has 118 valence electrons. The van der Waals surface area contributed by atoms with E-state index in [2.05, 4.69) is 5.32 Å². The highest BCUT2D eigenvalue weighted by Crippen LogP contribution is 2.12. The summed E-state index contributed by atoms with van der Waals surface area (Å²) in [5, 5.41) is 12.6. The lowest BCUT2D eigenvalue weighted by atomic mass is 10.2. The molecule has 0 saturated heterocycles. The highest BCUT2D eigenvalue weighted by atomic mass is 19.2. The van der Waals surface area contributed by atoms with Crippen LogP contribution >= 0.6 is 0 Å². The molecule has 0 fully saturated rings. The van der Waals surface area contributed by atoms with Gasteiger partial charge < -0.3 is 15.2 Å². The first-order valence-electron chi connectivity index (χ1n) is 6.76. The van der Waals surface area contributed by atoms with Crippen molar-refractivity contribution in [2.45, 2.75) is 12.6 Å². The summed E-state index contributed by atoms with van der Waals surface area (Å²) < 4.78 is 44.4. The molecule has 0 aliphatic carbocycles. The summed E-state index contributed by atoms with van der Waals surface area (Å²) in [6.07, 6.45) is -0.832. The number of aliphatic hydroxyl groups is 1. The molecule has 6 heteroatoms. The third-order valence-corrected chi connectivity index (χ3v) is 2.98. The molecule has 0 aliphatic rings. The van der Waals surface area contributed by atoms with Gasteiger partial charge in [-0.15, -0.1) is 0 Å². The molecule has 2 N–H and O–H groups in total. The lowest BCUT2D eigenvalue weighted by Crippen LogP contribution is -2.31. The van der Waals surface area contributed by atoms with E-state index in [0.29, 0.717) is 5.75 Å². The van der Waals surface area contributed by atoms with E-state index in [4.69, 9.17) is 4.74 Å². The summed E-state index contributed by atoms with van der Waals surface area (Å²) in [5.41, 5.74) is 0.187. The predicted octanol–water partition coefficient (Wildman–Crippen LogP) is 2.63. The molecule has 1 unspecified atom stereocenters. The molecule has 0 heterocycles. The van der Waals surface area contributed by atoms with Crippen molar-refractivity contribution in [2.24, 2.45) is 0 Å². The number of hydrogen-bond donors (Lipinski definition) is 2. The van der Waals surface area contributed by atoms with Crippen LogP contribution in [0.3, 0.4) is 0 Å². The van der Waals surface area contributed by atoms with E-state index in [-0.39, 0.29) is 31.1 Å². The zero-order chi connectivity index (χ0) is 15.9. The van der Waals surface area contributed by atoms with Crippen LogP contribution in [0.25, 0.3) is 0 Å². The summed E-state index contributed by atoms with van der Waals surface area (Å²) in [6, 6.07) is 9.36. The molecule has 1 atom stereocenters. The largest absolute Gasteiger partial charge is 0.491 e. The van der Waals surface area contributed by atoms with E-state index < -0.39 is 17.7 Å². The van der Waals surface area contributed by atoms with Crippen molar-refractivity contribution in [2.75, 3.05) is 13.2 Å². The van der Waals surface area contributed by atoms with Crippen molar-refractivity contribution in [1.82, 2.24) is 5.32 Å². The van der Waals surface area contributed by atoms with Crippen LogP contribution in [0.15, 0.2) is 42.5 Å². The molecule has 0 saturated carbocycles. The normalized spacial score (nSPS) is 12.2. The number of halogens is 3. The number of benzene rings is 2. The molecular weight excluding hydrogens is 295 g/mol. The van der Waals surface area contributed by atoms with Crippen LogP contribution in [0.5, 0.6) is 5.75 Å². The zero-order valence-corrected chi connectivity index (χ0v) is 11.7. The van der Waals surface area contributed by atoms with Gasteiger partial charge in [-0.2, -0.15) is 0 Å². The van der Waals surface area contributed by atoms with Crippen LogP contribution in [-0.4, -0.2) is 24.4 Å². The summed E-state index contributed by atoms with van der Waals surface area (Å²) in [4.78, 5) is 0. The SMILES string of the molecule is OC(CNCc1cccc(F)c1F)COc1ccc(F)cc1. The Bertz CT molecular complexity index is 605. The van der Waals surface area contributed by atoms with Crippen molar-refractivity contribution in [3.8, 4) is 5.75 Å². The van der Waals surface area contributed by atoms with Gasteiger partial charge in [-0.05, 0) is 30.3 Å². The molecular formula is C16H16F3NO2. The molecule has 0 bridgehead atoms. The Morgan fingerprint density at radius 1 is 1.05 bits per heavy atom. The van der Waals surface area contributed by atoms with Gasteiger partial charge in [0.15, 0.2) is 11.6 Å². The smallest absolute Gasteiger partial charge is 0.163 e. The summed E-state index contributed by atoms with van der Waals surface area (Å²) in [5.74, 6) is -1.73. The molecule has 0 radical (unpaired) electrons. The van der Waals surface area contributed by atoms with Crippen molar-refractivity contribution >= 4 is 0 Å². The summed E-state index contributed by atoms with van der Waals surface area (Å²) >= 11 is 0. The Labute approximate surface area is 126 Å². The number of ether oxygens (including phenoxy) is 1. The van der Waals surface area contributed by atoms with Gasteiger partial charge in [-0.1, -0.05) is 12.1 Å². The van der Waals surface area contributed by atoms with Gasteiger partial charge in [0.2, 0.25) is 0 Å². The van der Waals surface area contributed by atoms with Gasteiger partial charge in [0.25, 0.3) is 0 Å². The van der Waals surface area contributed by atoms with Crippen LogP contribution in [0.1, 0.15) is 5.56 Å². The van der Waals surface area contributed by atoms with Gasteiger partial charge in [0.05, 0.1) is 0 Å². The molecule has 2 aromatic rings. The van der Waals surface area contributed by atoms with Gasteiger partial charge in [-0.25, -0.2) is 13.2 Å². The Morgan fingerprint density at radius 3 is 2.50 bits per heavy atom. The molecule has 22 heavy (non-hydrogen) atoms. The van der Waals surface area contributed by atoms with Crippen LogP contribution in [0.4, 0.5) is 13.2 Å². The van der Waals surface area contributed by atoms with Crippen molar-refractivity contribution in [1.29, 1.82) is 0 Å². The fourth-order valence-corrected chi connectivity index (χ4v) is 1.84. The monoisotopic (exact) mass is 311 g/mol. The van der Waals surface area contributed by atoms with E-state index in [1.165, 1.54) is 36.4 Å².